The van der Waals surface area contributed by atoms with Gasteiger partial charge >= 0.3 is 0 Å². The van der Waals surface area contributed by atoms with Crippen LogP contribution in [0.15, 0.2) is 0 Å². The number of hydrogen-bond donors (Lipinski definition) is 1. The highest BCUT2D eigenvalue weighted by atomic mass is 15.1. The lowest BCUT2D eigenvalue weighted by atomic mass is 10.1. The molecule has 0 bridgehead atoms. The van der Waals surface area contributed by atoms with Crippen LogP contribution in [0.1, 0.15) is 42.5 Å². The first kappa shape index (κ1) is 7.56. The van der Waals surface area contributed by atoms with E-state index >= 15 is 0 Å². The van der Waals surface area contributed by atoms with Gasteiger partial charge in [0.1, 0.15) is 5.82 Å². The third-order valence-electron chi connectivity index (χ3n) is 3.24. The zero-order valence-electron chi connectivity index (χ0n) is 7.79. The number of nitrogens with two attached hydrogens (primary N) is 1. The molecule has 0 aromatic carbocycles. The van der Waals surface area contributed by atoms with Crippen molar-refractivity contribution < 1.29 is 0 Å². The second kappa shape index (κ2) is 2.58. The zero-order chi connectivity index (χ0) is 8.84. The summed E-state index contributed by atoms with van der Waals surface area (Å²) in [4.78, 5) is 4.65. The monoisotopic (exact) mass is 177 g/mol. The van der Waals surface area contributed by atoms with Crippen molar-refractivity contribution in [2.75, 3.05) is 0 Å². The highest BCUT2D eigenvalue weighted by Crippen LogP contribution is 2.29. The van der Waals surface area contributed by atoms with E-state index in [1.54, 1.807) is 0 Å². The van der Waals surface area contributed by atoms with E-state index in [1.807, 2.05) is 0 Å². The minimum atomic E-state index is 0.194. The maximum Gasteiger partial charge on any atom is 0.126 e. The Morgan fingerprint density at radius 2 is 2.23 bits per heavy atom. The molecule has 1 aliphatic carbocycles. The SMILES string of the molecule is NC1CCCn2c1nc1c2CCC1. The molecule has 1 aliphatic heterocycles. The highest BCUT2D eigenvalue weighted by Gasteiger charge is 2.26. The Morgan fingerprint density at radius 3 is 3.15 bits per heavy atom. The van der Waals surface area contributed by atoms with Gasteiger partial charge in [-0.2, -0.15) is 0 Å². The molecule has 0 radical (unpaired) electrons. The molecule has 1 aromatic heterocycles. The molecule has 0 saturated heterocycles. The summed E-state index contributed by atoms with van der Waals surface area (Å²) in [6, 6.07) is 0.194. The number of hydrogen-bond acceptors (Lipinski definition) is 2. The first-order chi connectivity index (χ1) is 6.36. The molecule has 0 saturated carbocycles. The molecular weight excluding hydrogens is 162 g/mol. The lowest BCUT2D eigenvalue weighted by Gasteiger charge is -2.21. The fourth-order valence-electron chi connectivity index (χ4n) is 2.59. The third kappa shape index (κ3) is 0.967. The van der Waals surface area contributed by atoms with Crippen molar-refractivity contribution in [3.63, 3.8) is 0 Å². The van der Waals surface area contributed by atoms with Crippen LogP contribution in [0, 0.1) is 0 Å². The van der Waals surface area contributed by atoms with Crippen molar-refractivity contribution in [2.24, 2.45) is 5.73 Å². The number of fused-ring (bicyclic) bond motifs is 3. The minimum absolute atomic E-state index is 0.194. The van der Waals surface area contributed by atoms with Crippen molar-refractivity contribution in [3.05, 3.63) is 17.2 Å². The van der Waals surface area contributed by atoms with Crippen LogP contribution in [-0.2, 0) is 19.4 Å². The summed E-state index contributed by atoms with van der Waals surface area (Å²) in [5.74, 6) is 1.15. The van der Waals surface area contributed by atoms with Crippen LogP contribution >= 0.6 is 0 Å². The van der Waals surface area contributed by atoms with Crippen LogP contribution in [0.3, 0.4) is 0 Å². The third-order valence-corrected chi connectivity index (χ3v) is 3.24. The first-order valence-electron chi connectivity index (χ1n) is 5.20. The van der Waals surface area contributed by atoms with Gasteiger partial charge in [0.05, 0.1) is 11.7 Å². The van der Waals surface area contributed by atoms with E-state index < -0.39 is 0 Å². The fraction of sp³-hybridized carbons (Fsp3) is 0.700. The summed E-state index contributed by atoms with van der Waals surface area (Å²) in [7, 11) is 0. The molecule has 0 spiro atoms. The molecule has 70 valence electrons. The lowest BCUT2D eigenvalue weighted by Crippen LogP contribution is -2.23. The lowest BCUT2D eigenvalue weighted by molar-refractivity contribution is 0.442. The van der Waals surface area contributed by atoms with E-state index in [-0.39, 0.29) is 6.04 Å². The van der Waals surface area contributed by atoms with Crippen LogP contribution in [0.4, 0.5) is 0 Å². The van der Waals surface area contributed by atoms with Gasteiger partial charge in [0.15, 0.2) is 0 Å². The summed E-state index contributed by atoms with van der Waals surface area (Å²) in [5, 5.41) is 0. The number of imidazole rings is 1. The van der Waals surface area contributed by atoms with E-state index in [0.717, 1.165) is 18.8 Å². The number of aryl methyl sites for hydroxylation is 1. The Labute approximate surface area is 78.0 Å². The van der Waals surface area contributed by atoms with Gasteiger partial charge in [-0.15, -0.1) is 0 Å². The van der Waals surface area contributed by atoms with Gasteiger partial charge in [-0.3, -0.25) is 0 Å². The normalized spacial score (nSPS) is 25.8. The van der Waals surface area contributed by atoms with Gasteiger partial charge in [0, 0.05) is 12.2 Å². The minimum Gasteiger partial charge on any atom is -0.330 e. The van der Waals surface area contributed by atoms with Crippen LogP contribution in [0.2, 0.25) is 0 Å². The molecule has 1 atom stereocenters. The van der Waals surface area contributed by atoms with Crippen LogP contribution in [0.25, 0.3) is 0 Å². The molecule has 1 aromatic rings. The van der Waals surface area contributed by atoms with Crippen molar-refractivity contribution in [3.8, 4) is 0 Å². The van der Waals surface area contributed by atoms with Crippen LogP contribution in [0.5, 0.6) is 0 Å². The molecule has 3 nitrogen and oxygen atoms in total. The quantitative estimate of drug-likeness (QED) is 0.646. The number of aromatic nitrogens is 2. The second-order valence-corrected chi connectivity index (χ2v) is 4.12. The molecule has 1 unspecified atom stereocenters. The van der Waals surface area contributed by atoms with E-state index in [9.17, 15) is 0 Å². The van der Waals surface area contributed by atoms with Crippen molar-refractivity contribution in [1.82, 2.24) is 9.55 Å². The van der Waals surface area contributed by atoms with Gasteiger partial charge in [-0.1, -0.05) is 0 Å². The second-order valence-electron chi connectivity index (χ2n) is 4.12. The molecular formula is C10H15N3. The Balaban J connectivity index is 2.14. The van der Waals surface area contributed by atoms with E-state index in [0.29, 0.717) is 0 Å². The predicted octanol–water partition coefficient (Wildman–Crippen LogP) is 1.17. The Bertz CT molecular complexity index is 340. The van der Waals surface area contributed by atoms with Crippen molar-refractivity contribution in [1.29, 1.82) is 0 Å². The molecule has 2 aliphatic rings. The Morgan fingerprint density at radius 1 is 1.31 bits per heavy atom. The molecule has 3 rings (SSSR count). The van der Waals surface area contributed by atoms with Crippen LogP contribution < -0.4 is 5.73 Å². The van der Waals surface area contributed by atoms with Gasteiger partial charge in [0.2, 0.25) is 0 Å². The molecule has 0 amide bonds. The largest absolute Gasteiger partial charge is 0.330 e. The summed E-state index contributed by atoms with van der Waals surface area (Å²) in [6.45, 7) is 1.14. The fourth-order valence-corrected chi connectivity index (χ4v) is 2.59. The topological polar surface area (TPSA) is 43.8 Å². The Hall–Kier alpha value is -0.830. The van der Waals surface area contributed by atoms with Gasteiger partial charge < -0.3 is 10.3 Å². The smallest absolute Gasteiger partial charge is 0.126 e. The maximum absolute atomic E-state index is 6.02. The molecule has 0 fully saturated rings. The highest BCUT2D eigenvalue weighted by molar-refractivity contribution is 5.24. The zero-order valence-corrected chi connectivity index (χ0v) is 7.79. The molecule has 2 N–H and O–H groups in total. The maximum atomic E-state index is 6.02. The van der Waals surface area contributed by atoms with E-state index in [4.69, 9.17) is 5.73 Å². The number of rotatable bonds is 0. The molecule has 3 heteroatoms. The average Bonchev–Trinajstić information content (AvgIpc) is 2.65. The average molecular weight is 177 g/mol. The summed E-state index contributed by atoms with van der Waals surface area (Å²) >= 11 is 0. The Kier molecular flexibility index (Phi) is 1.50. The van der Waals surface area contributed by atoms with Gasteiger partial charge in [-0.25, -0.2) is 4.98 Å². The van der Waals surface area contributed by atoms with Crippen LogP contribution in [-0.4, -0.2) is 9.55 Å². The first-order valence-corrected chi connectivity index (χ1v) is 5.20. The number of nitrogens with zero attached hydrogens (tertiary/aromatic N) is 2. The van der Waals surface area contributed by atoms with Crippen molar-refractivity contribution in [2.45, 2.75) is 44.7 Å². The van der Waals surface area contributed by atoms with E-state index in [1.165, 1.54) is 37.1 Å². The standard InChI is InChI=1S/C10H15N3/c11-7-3-2-6-13-9-5-1-4-8(9)12-10(7)13/h7H,1-6,11H2. The van der Waals surface area contributed by atoms with Gasteiger partial charge in [0.25, 0.3) is 0 Å². The van der Waals surface area contributed by atoms with Gasteiger partial charge in [-0.05, 0) is 32.1 Å². The molecule has 13 heavy (non-hydrogen) atoms. The summed E-state index contributed by atoms with van der Waals surface area (Å²) < 4.78 is 2.37. The van der Waals surface area contributed by atoms with E-state index in [2.05, 4.69) is 9.55 Å². The summed E-state index contributed by atoms with van der Waals surface area (Å²) in [6.07, 6.45) is 6.00. The summed E-state index contributed by atoms with van der Waals surface area (Å²) in [5.41, 5.74) is 8.83. The predicted molar refractivity (Wildman–Crippen MR) is 50.4 cm³/mol. The van der Waals surface area contributed by atoms with Crippen molar-refractivity contribution >= 4 is 0 Å². The molecule has 2 heterocycles.